The van der Waals surface area contributed by atoms with Crippen LogP contribution in [0.5, 0.6) is 0 Å². The third-order valence-corrected chi connectivity index (χ3v) is 2.96. The molecule has 16 heavy (non-hydrogen) atoms. The van der Waals surface area contributed by atoms with Gasteiger partial charge in [-0.25, -0.2) is 0 Å². The average molecular weight is 228 g/mol. The molecule has 0 bridgehead atoms. The van der Waals surface area contributed by atoms with Crippen LogP contribution in [0.1, 0.15) is 41.0 Å². The average Bonchev–Trinajstić information content (AvgIpc) is 2.17. The molecule has 0 saturated heterocycles. The van der Waals surface area contributed by atoms with Crippen LogP contribution in [0, 0.1) is 17.8 Å². The van der Waals surface area contributed by atoms with Crippen molar-refractivity contribution in [2.75, 3.05) is 19.6 Å². The number of hydrogen-bond acceptors (Lipinski definition) is 2. The summed E-state index contributed by atoms with van der Waals surface area (Å²) in [7, 11) is 0. The Bertz CT molecular complexity index is 182. The number of rotatable bonds is 8. The molecule has 0 fully saturated rings. The van der Waals surface area contributed by atoms with Crippen LogP contribution in [0.4, 0.5) is 0 Å². The monoisotopic (exact) mass is 228 g/mol. The molecule has 3 heteroatoms. The van der Waals surface area contributed by atoms with Crippen molar-refractivity contribution >= 4 is 5.91 Å². The summed E-state index contributed by atoms with van der Waals surface area (Å²) in [5.41, 5.74) is 0. The molecule has 0 spiro atoms. The lowest BCUT2D eigenvalue weighted by Crippen LogP contribution is -2.39. The van der Waals surface area contributed by atoms with Crippen LogP contribution in [-0.2, 0) is 4.79 Å². The minimum atomic E-state index is 0.111. The number of carbonyl (C=O) groups is 1. The smallest absolute Gasteiger partial charge is 0.233 e. The summed E-state index contributed by atoms with van der Waals surface area (Å²) < 4.78 is 0. The van der Waals surface area contributed by atoms with Gasteiger partial charge in [-0.15, -0.1) is 0 Å². The summed E-state index contributed by atoms with van der Waals surface area (Å²) in [6, 6.07) is 0. The van der Waals surface area contributed by atoms with Crippen molar-refractivity contribution < 1.29 is 4.79 Å². The Morgan fingerprint density at radius 1 is 1.12 bits per heavy atom. The van der Waals surface area contributed by atoms with Crippen molar-refractivity contribution in [3.05, 3.63) is 0 Å². The quantitative estimate of drug-likeness (QED) is 0.624. The van der Waals surface area contributed by atoms with Crippen molar-refractivity contribution in [3.63, 3.8) is 0 Å². The fourth-order valence-electron chi connectivity index (χ4n) is 1.91. The Hall–Kier alpha value is -0.570. The molecule has 0 aliphatic heterocycles. The summed E-state index contributed by atoms with van der Waals surface area (Å²) in [6.07, 6.45) is 1.06. The summed E-state index contributed by atoms with van der Waals surface area (Å²) in [4.78, 5) is 11.5. The van der Waals surface area contributed by atoms with Crippen LogP contribution in [0.25, 0.3) is 0 Å². The first-order valence-corrected chi connectivity index (χ1v) is 6.46. The molecule has 0 aliphatic carbocycles. The first-order chi connectivity index (χ1) is 7.49. The van der Waals surface area contributed by atoms with Crippen LogP contribution < -0.4 is 10.6 Å². The predicted molar refractivity (Wildman–Crippen MR) is 69.3 cm³/mol. The fourth-order valence-corrected chi connectivity index (χ4v) is 1.91. The number of carbonyl (C=O) groups excluding carboxylic acids is 1. The van der Waals surface area contributed by atoms with E-state index >= 15 is 0 Å². The zero-order valence-corrected chi connectivity index (χ0v) is 11.5. The molecule has 1 amide bonds. The molecule has 2 N–H and O–H groups in total. The third kappa shape index (κ3) is 6.83. The van der Waals surface area contributed by atoms with Crippen molar-refractivity contribution in [2.24, 2.45) is 17.8 Å². The van der Waals surface area contributed by atoms with E-state index in [1.54, 1.807) is 0 Å². The molecule has 0 rings (SSSR count). The van der Waals surface area contributed by atoms with E-state index in [9.17, 15) is 4.79 Å². The van der Waals surface area contributed by atoms with E-state index in [0.717, 1.165) is 19.5 Å². The molecule has 96 valence electrons. The van der Waals surface area contributed by atoms with Crippen molar-refractivity contribution in [1.82, 2.24) is 10.6 Å². The Balaban J connectivity index is 3.79. The van der Waals surface area contributed by atoms with Crippen molar-refractivity contribution in [3.8, 4) is 0 Å². The van der Waals surface area contributed by atoms with E-state index in [-0.39, 0.29) is 5.91 Å². The van der Waals surface area contributed by atoms with Gasteiger partial charge >= 0.3 is 0 Å². The Morgan fingerprint density at radius 2 is 1.69 bits per heavy atom. The Kier molecular flexibility index (Phi) is 8.26. The number of hydrogen-bond donors (Lipinski definition) is 2. The summed E-state index contributed by atoms with van der Waals surface area (Å²) in [6.45, 7) is 13.1. The molecule has 0 saturated carbocycles. The second kappa shape index (κ2) is 8.57. The second-order valence-electron chi connectivity index (χ2n) is 5.13. The molecule has 0 aromatic carbocycles. The maximum Gasteiger partial charge on any atom is 0.233 e. The minimum absolute atomic E-state index is 0.111. The first kappa shape index (κ1) is 15.4. The number of amides is 1. The molecular formula is C13H28N2O. The van der Waals surface area contributed by atoms with Gasteiger partial charge in [-0.3, -0.25) is 4.79 Å². The highest BCUT2D eigenvalue weighted by molar-refractivity contribution is 5.77. The topological polar surface area (TPSA) is 41.1 Å². The van der Waals surface area contributed by atoms with Crippen LogP contribution in [0.3, 0.4) is 0 Å². The third-order valence-electron chi connectivity index (χ3n) is 2.96. The molecule has 0 atom stereocenters. The fraction of sp³-hybridized carbons (Fsp3) is 0.923. The van der Waals surface area contributed by atoms with E-state index in [0.29, 0.717) is 24.3 Å². The van der Waals surface area contributed by atoms with E-state index in [1.165, 1.54) is 0 Å². The van der Waals surface area contributed by atoms with Crippen molar-refractivity contribution in [2.45, 2.75) is 41.0 Å². The van der Waals surface area contributed by atoms with Gasteiger partial charge in [-0.05, 0) is 30.7 Å². The summed E-state index contributed by atoms with van der Waals surface area (Å²) in [5.74, 6) is 1.91. The van der Waals surface area contributed by atoms with Gasteiger partial charge in [0.1, 0.15) is 0 Å². The largest absolute Gasteiger partial charge is 0.355 e. The van der Waals surface area contributed by atoms with Gasteiger partial charge in [0.2, 0.25) is 5.91 Å². The van der Waals surface area contributed by atoms with Crippen LogP contribution in [0.2, 0.25) is 0 Å². The maximum atomic E-state index is 11.5. The number of nitrogens with one attached hydrogen (secondary N) is 2. The standard InChI is InChI=1S/C13H28N2O/c1-6-7-14-9-13(16)15-8-12(10(2)3)11(4)5/h10-12,14H,6-9H2,1-5H3,(H,15,16). The highest BCUT2D eigenvalue weighted by Crippen LogP contribution is 2.19. The van der Waals surface area contributed by atoms with Crippen molar-refractivity contribution in [1.29, 1.82) is 0 Å². The minimum Gasteiger partial charge on any atom is -0.355 e. The van der Waals surface area contributed by atoms with Crippen LogP contribution in [0.15, 0.2) is 0 Å². The SMILES string of the molecule is CCCNCC(=O)NCC(C(C)C)C(C)C. The Morgan fingerprint density at radius 3 is 2.12 bits per heavy atom. The zero-order chi connectivity index (χ0) is 12.6. The summed E-state index contributed by atoms with van der Waals surface area (Å²) >= 11 is 0. The summed E-state index contributed by atoms with van der Waals surface area (Å²) in [5, 5.41) is 6.11. The van der Waals surface area contributed by atoms with E-state index in [1.807, 2.05) is 0 Å². The van der Waals surface area contributed by atoms with Gasteiger partial charge in [0.25, 0.3) is 0 Å². The molecule has 0 aromatic rings. The molecular weight excluding hydrogens is 200 g/mol. The molecule has 3 nitrogen and oxygen atoms in total. The highest BCUT2D eigenvalue weighted by atomic mass is 16.1. The van der Waals surface area contributed by atoms with Gasteiger partial charge in [0.05, 0.1) is 6.54 Å². The van der Waals surface area contributed by atoms with E-state index < -0.39 is 0 Å². The second-order valence-corrected chi connectivity index (χ2v) is 5.13. The molecule has 0 unspecified atom stereocenters. The lowest BCUT2D eigenvalue weighted by molar-refractivity contribution is -0.120. The van der Waals surface area contributed by atoms with E-state index in [2.05, 4.69) is 45.3 Å². The van der Waals surface area contributed by atoms with Gasteiger partial charge in [-0.2, -0.15) is 0 Å². The van der Waals surface area contributed by atoms with Gasteiger partial charge < -0.3 is 10.6 Å². The molecule has 0 heterocycles. The van der Waals surface area contributed by atoms with Gasteiger partial charge in [0.15, 0.2) is 0 Å². The zero-order valence-electron chi connectivity index (χ0n) is 11.5. The van der Waals surface area contributed by atoms with Gasteiger partial charge in [-0.1, -0.05) is 34.6 Å². The normalized spacial score (nSPS) is 11.5. The van der Waals surface area contributed by atoms with E-state index in [4.69, 9.17) is 0 Å². The molecule has 0 aliphatic rings. The van der Waals surface area contributed by atoms with Crippen LogP contribution >= 0.6 is 0 Å². The van der Waals surface area contributed by atoms with Gasteiger partial charge in [0, 0.05) is 6.54 Å². The Labute approximate surface area is 100 Å². The lowest BCUT2D eigenvalue weighted by atomic mass is 9.85. The first-order valence-electron chi connectivity index (χ1n) is 6.46. The highest BCUT2D eigenvalue weighted by Gasteiger charge is 2.17. The lowest BCUT2D eigenvalue weighted by Gasteiger charge is -2.25. The molecule has 0 aromatic heterocycles. The predicted octanol–water partition coefficient (Wildman–Crippen LogP) is 2.03. The van der Waals surface area contributed by atoms with Crippen LogP contribution in [-0.4, -0.2) is 25.5 Å². The molecule has 0 radical (unpaired) electrons. The maximum absolute atomic E-state index is 11.5.